The molecular formula is C22H21ClN2O6S. The Balaban J connectivity index is 1.83. The number of nitrogens with one attached hydrogen (secondary N) is 1. The van der Waals surface area contributed by atoms with Crippen LogP contribution >= 0.6 is 23.8 Å². The number of halogens is 1. The molecule has 0 radical (unpaired) electrons. The average molecular weight is 477 g/mol. The van der Waals surface area contributed by atoms with Gasteiger partial charge in [0.25, 0.3) is 0 Å². The summed E-state index contributed by atoms with van der Waals surface area (Å²) in [4.78, 5) is 14.6. The lowest BCUT2D eigenvalue weighted by Gasteiger charge is -2.37. The predicted octanol–water partition coefficient (Wildman–Crippen LogP) is 3.71. The Hall–Kier alpha value is -3.17. The van der Waals surface area contributed by atoms with E-state index in [2.05, 4.69) is 5.32 Å². The molecule has 0 bridgehead atoms. The van der Waals surface area contributed by atoms with Gasteiger partial charge in [-0.3, -0.25) is 4.90 Å². The Kier molecular flexibility index (Phi) is 6.03. The fraction of sp³-hybridized carbons (Fsp3) is 0.273. The van der Waals surface area contributed by atoms with Crippen molar-refractivity contribution in [2.45, 2.75) is 13.0 Å². The van der Waals surface area contributed by atoms with Crippen LogP contribution in [0.25, 0.3) is 0 Å². The van der Waals surface area contributed by atoms with E-state index in [4.69, 9.17) is 42.8 Å². The predicted molar refractivity (Wildman–Crippen MR) is 123 cm³/mol. The number of methoxy groups -OCH3 is 2. The molecular weight excluding hydrogens is 456 g/mol. The topological polar surface area (TPSA) is 89.5 Å². The standard InChI is InChI=1S/C22H21ClN2O6S/c1-11-18(21(27)29-3)19(12-8-14(23)20(26)17(9-12)28-2)24-22(32)25(11)13-4-5-15-16(10-13)31-7-6-30-15/h4-5,8-10,19,26H,6-7H2,1-3H3,(H,24,32). The SMILES string of the molecule is COC(=O)C1=C(C)N(c2ccc3c(c2)OCCO3)C(=S)NC1c1cc(Cl)c(O)c(OC)c1. The number of fused-ring (bicyclic) bond motifs is 1. The number of ether oxygens (including phenoxy) is 4. The van der Waals surface area contributed by atoms with Gasteiger partial charge in [-0.05, 0) is 49.0 Å². The lowest BCUT2D eigenvalue weighted by molar-refractivity contribution is -0.136. The largest absolute Gasteiger partial charge is 0.503 e. The Bertz CT molecular complexity index is 1140. The lowest BCUT2D eigenvalue weighted by Crippen LogP contribution is -2.48. The number of allylic oxidation sites excluding steroid dienone is 1. The minimum Gasteiger partial charge on any atom is -0.503 e. The van der Waals surface area contributed by atoms with E-state index in [9.17, 15) is 9.90 Å². The number of phenols is 1. The number of carbonyl (C=O) groups is 1. The minimum absolute atomic E-state index is 0.0863. The van der Waals surface area contributed by atoms with Gasteiger partial charge in [0.15, 0.2) is 28.1 Å². The van der Waals surface area contributed by atoms with Crippen LogP contribution in [0.3, 0.4) is 0 Å². The first-order valence-corrected chi connectivity index (χ1v) is 10.5. The molecule has 0 aromatic heterocycles. The molecule has 2 heterocycles. The summed E-state index contributed by atoms with van der Waals surface area (Å²) in [6.07, 6.45) is 0. The smallest absolute Gasteiger partial charge is 0.337 e. The molecule has 0 amide bonds. The van der Waals surface area contributed by atoms with Crippen LogP contribution in [0.5, 0.6) is 23.0 Å². The monoisotopic (exact) mass is 476 g/mol. The van der Waals surface area contributed by atoms with Crippen molar-refractivity contribution in [1.29, 1.82) is 0 Å². The molecule has 168 valence electrons. The molecule has 2 N–H and O–H groups in total. The second-order valence-electron chi connectivity index (χ2n) is 7.09. The van der Waals surface area contributed by atoms with Gasteiger partial charge in [-0.2, -0.15) is 0 Å². The highest BCUT2D eigenvalue weighted by atomic mass is 35.5. The van der Waals surface area contributed by atoms with Crippen molar-refractivity contribution in [2.75, 3.05) is 32.3 Å². The first kappa shape index (κ1) is 22.0. The maximum atomic E-state index is 12.8. The normalized spacial score (nSPS) is 17.7. The van der Waals surface area contributed by atoms with E-state index in [-0.39, 0.29) is 16.5 Å². The van der Waals surface area contributed by atoms with Crippen molar-refractivity contribution in [3.63, 3.8) is 0 Å². The van der Waals surface area contributed by atoms with Crippen molar-refractivity contribution in [3.05, 3.63) is 52.2 Å². The molecule has 0 saturated heterocycles. The molecule has 0 fully saturated rings. The van der Waals surface area contributed by atoms with Gasteiger partial charge in [-0.15, -0.1) is 0 Å². The zero-order valence-corrected chi connectivity index (χ0v) is 19.2. The van der Waals surface area contributed by atoms with Gasteiger partial charge < -0.3 is 29.4 Å². The molecule has 0 saturated carbocycles. The van der Waals surface area contributed by atoms with Crippen LogP contribution < -0.4 is 24.4 Å². The third-order valence-corrected chi connectivity index (χ3v) is 5.87. The molecule has 4 rings (SSSR count). The molecule has 2 aliphatic heterocycles. The lowest BCUT2D eigenvalue weighted by atomic mass is 9.94. The third-order valence-electron chi connectivity index (χ3n) is 5.28. The molecule has 2 aliphatic rings. The molecule has 32 heavy (non-hydrogen) atoms. The van der Waals surface area contributed by atoms with Crippen molar-refractivity contribution in [2.24, 2.45) is 0 Å². The van der Waals surface area contributed by atoms with E-state index in [1.165, 1.54) is 14.2 Å². The number of carbonyl (C=O) groups excluding carboxylic acids is 1. The molecule has 0 aliphatic carbocycles. The summed E-state index contributed by atoms with van der Waals surface area (Å²) in [7, 11) is 2.73. The summed E-state index contributed by atoms with van der Waals surface area (Å²) in [6, 6.07) is 7.92. The number of hydrogen-bond acceptors (Lipinski definition) is 7. The summed E-state index contributed by atoms with van der Waals surface area (Å²) in [5.74, 6) is 0.703. The molecule has 0 spiro atoms. The van der Waals surface area contributed by atoms with Crippen LogP contribution in [0.2, 0.25) is 5.02 Å². The quantitative estimate of drug-likeness (QED) is 0.506. The van der Waals surface area contributed by atoms with E-state index in [0.29, 0.717) is 52.3 Å². The van der Waals surface area contributed by atoms with Crippen molar-refractivity contribution >= 4 is 40.6 Å². The van der Waals surface area contributed by atoms with Crippen LogP contribution in [0, 0.1) is 0 Å². The van der Waals surface area contributed by atoms with Gasteiger partial charge in [-0.25, -0.2) is 4.79 Å². The highest BCUT2D eigenvalue weighted by Gasteiger charge is 2.36. The molecule has 1 atom stereocenters. The molecule has 1 unspecified atom stereocenters. The highest BCUT2D eigenvalue weighted by Crippen LogP contribution is 2.42. The molecule has 2 aromatic carbocycles. The number of esters is 1. The van der Waals surface area contributed by atoms with Crippen LogP contribution in [0.15, 0.2) is 41.6 Å². The second-order valence-corrected chi connectivity index (χ2v) is 7.88. The summed E-state index contributed by atoms with van der Waals surface area (Å²) in [6.45, 7) is 2.72. The van der Waals surface area contributed by atoms with Crippen LogP contribution in [-0.2, 0) is 9.53 Å². The van der Waals surface area contributed by atoms with Gasteiger partial charge in [0, 0.05) is 11.8 Å². The number of phenolic OH excluding ortho intramolecular Hbond substituents is 1. The Labute approximate surface area is 195 Å². The van der Waals surface area contributed by atoms with Crippen LogP contribution in [0.4, 0.5) is 5.69 Å². The van der Waals surface area contributed by atoms with E-state index < -0.39 is 12.0 Å². The Morgan fingerprint density at radius 3 is 2.62 bits per heavy atom. The van der Waals surface area contributed by atoms with Gasteiger partial charge in [-0.1, -0.05) is 11.6 Å². The Morgan fingerprint density at radius 1 is 1.22 bits per heavy atom. The van der Waals surface area contributed by atoms with Crippen molar-refractivity contribution < 1.29 is 28.8 Å². The minimum atomic E-state index is -0.671. The number of thiocarbonyl (C=S) groups is 1. The highest BCUT2D eigenvalue weighted by molar-refractivity contribution is 7.80. The van der Waals surface area contributed by atoms with E-state index >= 15 is 0 Å². The number of hydrogen-bond donors (Lipinski definition) is 2. The second kappa shape index (κ2) is 8.76. The fourth-order valence-corrected chi connectivity index (χ4v) is 4.34. The zero-order valence-electron chi connectivity index (χ0n) is 17.6. The summed E-state index contributed by atoms with van der Waals surface area (Å²) in [5.41, 5.74) is 2.18. The maximum Gasteiger partial charge on any atom is 0.337 e. The van der Waals surface area contributed by atoms with Crippen molar-refractivity contribution in [1.82, 2.24) is 5.32 Å². The summed E-state index contributed by atoms with van der Waals surface area (Å²) >= 11 is 11.8. The van der Waals surface area contributed by atoms with Crippen molar-refractivity contribution in [3.8, 4) is 23.0 Å². The zero-order chi connectivity index (χ0) is 23.0. The van der Waals surface area contributed by atoms with Crippen LogP contribution in [0.1, 0.15) is 18.5 Å². The van der Waals surface area contributed by atoms with Gasteiger partial charge in [0.2, 0.25) is 0 Å². The van der Waals surface area contributed by atoms with Gasteiger partial charge in [0.05, 0.1) is 36.5 Å². The van der Waals surface area contributed by atoms with E-state index in [0.717, 1.165) is 0 Å². The first-order chi connectivity index (χ1) is 15.3. The van der Waals surface area contributed by atoms with Crippen LogP contribution in [-0.4, -0.2) is 43.6 Å². The number of aromatic hydroxyl groups is 1. The summed E-state index contributed by atoms with van der Waals surface area (Å²) in [5, 5.41) is 13.7. The molecule has 10 heteroatoms. The fourth-order valence-electron chi connectivity index (χ4n) is 3.77. The average Bonchev–Trinajstić information content (AvgIpc) is 2.79. The van der Waals surface area contributed by atoms with Gasteiger partial charge in [0.1, 0.15) is 13.2 Å². The Morgan fingerprint density at radius 2 is 1.94 bits per heavy atom. The maximum absolute atomic E-state index is 12.8. The molecule has 2 aromatic rings. The number of anilines is 1. The molecule has 8 nitrogen and oxygen atoms in total. The van der Waals surface area contributed by atoms with E-state index in [1.54, 1.807) is 30.0 Å². The number of nitrogens with zero attached hydrogens (tertiary/aromatic N) is 1. The summed E-state index contributed by atoms with van der Waals surface area (Å²) < 4.78 is 21.6. The first-order valence-electron chi connectivity index (χ1n) is 9.71. The third kappa shape index (κ3) is 3.78. The number of benzene rings is 2. The van der Waals surface area contributed by atoms with Gasteiger partial charge >= 0.3 is 5.97 Å². The number of rotatable bonds is 4. The van der Waals surface area contributed by atoms with E-state index in [1.807, 2.05) is 12.1 Å².